The highest BCUT2D eigenvalue weighted by molar-refractivity contribution is 5.79. The van der Waals surface area contributed by atoms with Crippen LogP contribution in [0.25, 0.3) is 0 Å². The minimum atomic E-state index is 0.136. The molecule has 0 amide bonds. The first-order valence-corrected chi connectivity index (χ1v) is 7.36. The molecule has 0 aromatic heterocycles. The third-order valence-corrected chi connectivity index (χ3v) is 4.39. The van der Waals surface area contributed by atoms with E-state index in [-0.39, 0.29) is 6.04 Å². The minimum Gasteiger partial charge on any atom is -0.249 e. The highest BCUT2D eigenvalue weighted by atomic mass is 15.4. The molecule has 1 unspecified atom stereocenters. The Kier molecular flexibility index (Phi) is 3.41. The average molecular weight is 265 g/mol. The maximum atomic E-state index is 4.88. The van der Waals surface area contributed by atoms with Crippen molar-refractivity contribution in [2.75, 3.05) is 13.1 Å². The zero-order valence-electron chi connectivity index (χ0n) is 12.2. The molecule has 1 aliphatic rings. The first kappa shape index (κ1) is 13.1. The monoisotopic (exact) mass is 265 g/mol. The van der Waals surface area contributed by atoms with E-state index in [1.165, 1.54) is 16.8 Å². The number of rotatable bonds is 3. The molecule has 102 valence electrons. The van der Waals surface area contributed by atoms with Gasteiger partial charge >= 0.3 is 0 Å². The fourth-order valence-electron chi connectivity index (χ4n) is 3.09. The number of benzene rings is 2. The van der Waals surface area contributed by atoms with Crippen molar-refractivity contribution in [3.8, 4) is 0 Å². The summed E-state index contributed by atoms with van der Waals surface area (Å²) >= 11 is 0. The van der Waals surface area contributed by atoms with Crippen LogP contribution in [-0.4, -0.2) is 19.4 Å². The van der Waals surface area contributed by atoms with Gasteiger partial charge in [-0.15, -0.1) is 0 Å². The predicted octanol–water partition coefficient (Wildman–Crippen LogP) is 4.17. The Bertz CT molecular complexity index is 612. The van der Waals surface area contributed by atoms with Gasteiger partial charge in [0.25, 0.3) is 0 Å². The number of para-hydroxylation sites is 1. The molecule has 2 aromatic carbocycles. The quantitative estimate of drug-likeness (QED) is 0.739. The fourth-order valence-corrected chi connectivity index (χ4v) is 3.09. The van der Waals surface area contributed by atoms with Crippen LogP contribution in [0.4, 0.5) is 5.69 Å². The molecule has 20 heavy (non-hydrogen) atoms. The van der Waals surface area contributed by atoms with Crippen molar-refractivity contribution in [1.29, 1.82) is 0 Å². The van der Waals surface area contributed by atoms with Gasteiger partial charge in [0.1, 0.15) is 11.7 Å². The van der Waals surface area contributed by atoms with Crippen molar-refractivity contribution < 1.29 is 0 Å². The number of hydrogen-bond acceptors (Lipinski definition) is 1. The molecule has 0 aliphatic carbocycles. The van der Waals surface area contributed by atoms with E-state index in [0.29, 0.717) is 0 Å². The summed E-state index contributed by atoms with van der Waals surface area (Å²) in [5.74, 6) is 0. The van der Waals surface area contributed by atoms with Crippen LogP contribution in [0.2, 0.25) is 0 Å². The third kappa shape index (κ3) is 1.97. The van der Waals surface area contributed by atoms with E-state index in [9.17, 15) is 0 Å². The lowest BCUT2D eigenvalue weighted by Gasteiger charge is -2.37. The number of hydrogen-bond donors (Lipinski definition) is 0. The Hall–Kier alpha value is -1.93. The van der Waals surface area contributed by atoms with Gasteiger partial charge in [-0.1, -0.05) is 48.5 Å². The van der Waals surface area contributed by atoms with Crippen molar-refractivity contribution in [3.05, 3.63) is 65.7 Å². The number of nitrogens with zero attached hydrogens (tertiary/aromatic N) is 2. The normalized spacial score (nSPS) is 19.6. The lowest BCUT2D eigenvalue weighted by atomic mass is 9.95. The largest absolute Gasteiger partial charge is 0.249 e. The second-order valence-corrected chi connectivity index (χ2v) is 5.30. The first-order chi connectivity index (χ1) is 9.80. The Labute approximate surface area is 121 Å². The van der Waals surface area contributed by atoms with E-state index < -0.39 is 0 Å². The van der Waals surface area contributed by atoms with E-state index in [1.54, 1.807) is 0 Å². The summed E-state index contributed by atoms with van der Waals surface area (Å²) < 4.78 is 0.847. The van der Waals surface area contributed by atoms with Crippen LogP contribution in [0.1, 0.15) is 31.0 Å². The van der Waals surface area contributed by atoms with Crippen LogP contribution in [0.15, 0.2) is 59.6 Å². The molecule has 1 heterocycles. The van der Waals surface area contributed by atoms with E-state index in [4.69, 9.17) is 4.99 Å². The zero-order chi connectivity index (χ0) is 14.0. The molecular weight excluding hydrogens is 244 g/mol. The molecule has 3 rings (SSSR count). The lowest BCUT2D eigenvalue weighted by Crippen LogP contribution is -2.50. The maximum absolute atomic E-state index is 4.88. The first-order valence-electron chi connectivity index (χ1n) is 7.36. The molecular formula is C18H21N2+. The van der Waals surface area contributed by atoms with Gasteiger partial charge in [0.05, 0.1) is 13.1 Å². The number of quaternary nitrogens is 1. The summed E-state index contributed by atoms with van der Waals surface area (Å²) in [5, 5.41) is 0. The molecule has 0 bridgehead atoms. The van der Waals surface area contributed by atoms with Crippen molar-refractivity contribution in [3.63, 3.8) is 0 Å². The molecule has 0 N–H and O–H groups in total. The number of fused-ring (bicyclic) bond motifs is 1. The van der Waals surface area contributed by atoms with Gasteiger partial charge in [0, 0.05) is 5.56 Å². The third-order valence-electron chi connectivity index (χ3n) is 4.39. The summed E-state index contributed by atoms with van der Waals surface area (Å²) in [6.07, 6.45) is 2.14. The summed E-state index contributed by atoms with van der Waals surface area (Å²) in [6, 6.07) is 19.4. The summed E-state index contributed by atoms with van der Waals surface area (Å²) in [6.45, 7) is 6.54. The molecule has 2 nitrogen and oxygen atoms in total. The highest BCUT2D eigenvalue weighted by Crippen LogP contribution is 2.39. The van der Waals surface area contributed by atoms with E-state index in [0.717, 1.165) is 17.6 Å². The summed E-state index contributed by atoms with van der Waals surface area (Å²) in [4.78, 5) is 4.88. The topological polar surface area (TPSA) is 12.4 Å². The molecule has 0 saturated heterocycles. The summed E-state index contributed by atoms with van der Waals surface area (Å²) in [5.41, 5.74) is 3.99. The van der Waals surface area contributed by atoms with Crippen molar-refractivity contribution in [2.24, 2.45) is 4.99 Å². The Balaban J connectivity index is 2.15. The van der Waals surface area contributed by atoms with Gasteiger partial charge in [-0.05, 0) is 25.5 Å². The van der Waals surface area contributed by atoms with Gasteiger partial charge in [-0.2, -0.15) is 0 Å². The average Bonchev–Trinajstić information content (AvgIpc) is 2.55. The minimum absolute atomic E-state index is 0.136. The molecule has 1 atom stereocenters. The Morgan fingerprint density at radius 1 is 0.900 bits per heavy atom. The van der Waals surface area contributed by atoms with E-state index in [1.807, 2.05) is 0 Å². The SMILES string of the molecule is CC[N+]1(CC)C=NC(c2ccccc2)c2ccccc21. The van der Waals surface area contributed by atoms with E-state index in [2.05, 4.69) is 74.8 Å². The van der Waals surface area contributed by atoms with Crippen LogP contribution >= 0.6 is 0 Å². The van der Waals surface area contributed by atoms with Gasteiger partial charge < -0.3 is 0 Å². The standard InChI is InChI=1S/C18H21N2/c1-3-20(4-2)14-19-18(15-10-6-5-7-11-15)16-12-8-9-13-17(16)20/h5-14,18H,3-4H2,1-2H3/q+1. The van der Waals surface area contributed by atoms with Crippen LogP contribution in [0, 0.1) is 0 Å². The lowest BCUT2D eigenvalue weighted by molar-refractivity contribution is 0.447. The maximum Gasteiger partial charge on any atom is 0.191 e. The molecule has 0 saturated carbocycles. The predicted molar refractivity (Wildman–Crippen MR) is 86.1 cm³/mol. The second-order valence-electron chi connectivity index (χ2n) is 5.30. The van der Waals surface area contributed by atoms with Gasteiger partial charge in [0.15, 0.2) is 6.34 Å². The zero-order valence-corrected chi connectivity index (χ0v) is 12.2. The second kappa shape index (κ2) is 5.22. The highest BCUT2D eigenvalue weighted by Gasteiger charge is 2.34. The van der Waals surface area contributed by atoms with Crippen molar-refractivity contribution in [1.82, 2.24) is 4.48 Å². The van der Waals surface area contributed by atoms with Gasteiger partial charge in [-0.3, -0.25) is 0 Å². The smallest absolute Gasteiger partial charge is 0.191 e. The van der Waals surface area contributed by atoms with E-state index >= 15 is 0 Å². The van der Waals surface area contributed by atoms with Crippen molar-refractivity contribution in [2.45, 2.75) is 19.9 Å². The summed E-state index contributed by atoms with van der Waals surface area (Å²) in [7, 11) is 0. The van der Waals surface area contributed by atoms with Crippen LogP contribution in [0.5, 0.6) is 0 Å². The van der Waals surface area contributed by atoms with Crippen LogP contribution < -0.4 is 4.48 Å². The number of aliphatic imine (C=N–C) groups is 1. The Morgan fingerprint density at radius 3 is 2.25 bits per heavy atom. The van der Waals surface area contributed by atoms with Gasteiger partial charge in [-0.25, -0.2) is 9.48 Å². The van der Waals surface area contributed by atoms with Gasteiger partial charge in [0.2, 0.25) is 0 Å². The molecule has 2 heteroatoms. The van der Waals surface area contributed by atoms with Crippen molar-refractivity contribution >= 4 is 12.0 Å². The fraction of sp³-hybridized carbons (Fsp3) is 0.278. The molecule has 0 radical (unpaired) electrons. The molecule has 1 aliphatic heterocycles. The Morgan fingerprint density at radius 2 is 1.55 bits per heavy atom. The molecule has 2 aromatic rings. The van der Waals surface area contributed by atoms with Crippen LogP contribution in [-0.2, 0) is 0 Å². The molecule has 0 spiro atoms. The van der Waals surface area contributed by atoms with Crippen LogP contribution in [0.3, 0.4) is 0 Å². The molecule has 0 fully saturated rings.